The molecule has 0 aliphatic heterocycles. The summed E-state index contributed by atoms with van der Waals surface area (Å²) < 4.78 is 18.4. The van der Waals surface area contributed by atoms with E-state index in [2.05, 4.69) is 0 Å². The van der Waals surface area contributed by atoms with E-state index in [0.29, 0.717) is 11.3 Å². The first-order chi connectivity index (χ1) is 10.1. The van der Waals surface area contributed by atoms with E-state index in [-0.39, 0.29) is 18.0 Å². The van der Waals surface area contributed by atoms with Gasteiger partial charge in [-0.1, -0.05) is 23.8 Å². The molecular formula is C17H17FO2S. The Balaban J connectivity index is 1.89. The van der Waals surface area contributed by atoms with Crippen LogP contribution in [0.5, 0.6) is 5.75 Å². The third-order valence-corrected chi connectivity index (χ3v) is 4.11. The molecule has 110 valence electrons. The van der Waals surface area contributed by atoms with Gasteiger partial charge in [-0.3, -0.25) is 4.79 Å². The number of ketones is 1. The van der Waals surface area contributed by atoms with Gasteiger partial charge in [-0.2, -0.15) is 0 Å². The van der Waals surface area contributed by atoms with Gasteiger partial charge in [0.15, 0.2) is 11.6 Å². The Kier molecular flexibility index (Phi) is 5.39. The zero-order valence-electron chi connectivity index (χ0n) is 12.1. The van der Waals surface area contributed by atoms with E-state index < -0.39 is 5.82 Å². The molecule has 0 unspecified atom stereocenters. The number of benzene rings is 2. The molecule has 0 radical (unpaired) electrons. The Hall–Kier alpha value is -1.81. The number of methoxy groups -OCH3 is 1. The van der Waals surface area contributed by atoms with Crippen molar-refractivity contribution in [1.29, 1.82) is 0 Å². The van der Waals surface area contributed by atoms with Gasteiger partial charge < -0.3 is 4.74 Å². The standard InChI is InChI=1S/C17H17FO2S/c1-12-3-6-15(7-4-12)21-11-14(19)9-13-5-8-17(20-2)16(18)10-13/h3-8,10H,9,11H2,1-2H3. The number of hydrogen-bond donors (Lipinski definition) is 0. The summed E-state index contributed by atoms with van der Waals surface area (Å²) in [6, 6.07) is 12.7. The molecule has 0 saturated carbocycles. The summed E-state index contributed by atoms with van der Waals surface area (Å²) in [5.41, 5.74) is 1.86. The average molecular weight is 304 g/mol. The fourth-order valence-corrected chi connectivity index (χ4v) is 2.66. The van der Waals surface area contributed by atoms with Crippen molar-refractivity contribution in [3.8, 4) is 5.75 Å². The fourth-order valence-electron chi connectivity index (χ4n) is 1.90. The Morgan fingerprint density at radius 3 is 2.52 bits per heavy atom. The van der Waals surface area contributed by atoms with Gasteiger partial charge in [-0.15, -0.1) is 11.8 Å². The van der Waals surface area contributed by atoms with Crippen molar-refractivity contribution in [2.45, 2.75) is 18.2 Å². The Morgan fingerprint density at radius 2 is 1.90 bits per heavy atom. The van der Waals surface area contributed by atoms with Crippen molar-refractivity contribution in [3.63, 3.8) is 0 Å². The number of rotatable bonds is 6. The predicted molar refractivity (Wildman–Crippen MR) is 83.6 cm³/mol. The molecular weight excluding hydrogens is 287 g/mol. The van der Waals surface area contributed by atoms with Gasteiger partial charge in [-0.05, 0) is 36.8 Å². The number of carbonyl (C=O) groups is 1. The maximum Gasteiger partial charge on any atom is 0.165 e. The van der Waals surface area contributed by atoms with Gasteiger partial charge in [0.05, 0.1) is 12.9 Å². The van der Waals surface area contributed by atoms with E-state index in [1.165, 1.54) is 30.5 Å². The van der Waals surface area contributed by atoms with Crippen LogP contribution in [0, 0.1) is 12.7 Å². The highest BCUT2D eigenvalue weighted by Gasteiger charge is 2.08. The largest absolute Gasteiger partial charge is 0.494 e. The van der Waals surface area contributed by atoms with Crippen molar-refractivity contribution in [1.82, 2.24) is 0 Å². The maximum absolute atomic E-state index is 13.5. The first kappa shape index (κ1) is 15.6. The van der Waals surface area contributed by atoms with Crippen molar-refractivity contribution >= 4 is 17.5 Å². The zero-order chi connectivity index (χ0) is 15.2. The van der Waals surface area contributed by atoms with Gasteiger partial charge in [0, 0.05) is 11.3 Å². The monoisotopic (exact) mass is 304 g/mol. The summed E-state index contributed by atoms with van der Waals surface area (Å²) in [6.45, 7) is 2.03. The Morgan fingerprint density at radius 1 is 1.19 bits per heavy atom. The van der Waals surface area contributed by atoms with Crippen molar-refractivity contribution < 1.29 is 13.9 Å². The molecule has 0 saturated heterocycles. The minimum atomic E-state index is -0.436. The van der Waals surface area contributed by atoms with Crippen LogP contribution >= 0.6 is 11.8 Å². The lowest BCUT2D eigenvalue weighted by atomic mass is 10.1. The molecule has 2 aromatic carbocycles. The second-order valence-electron chi connectivity index (χ2n) is 4.79. The molecule has 0 bridgehead atoms. The summed E-state index contributed by atoms with van der Waals surface area (Å²) in [6.07, 6.45) is 0.236. The Bertz CT molecular complexity index is 623. The summed E-state index contributed by atoms with van der Waals surface area (Å²) in [4.78, 5) is 13.0. The number of Topliss-reactive ketones (excluding diaryl/α,β-unsaturated/α-hetero) is 1. The predicted octanol–water partition coefficient (Wildman–Crippen LogP) is 4.05. The first-order valence-corrected chi connectivity index (χ1v) is 7.60. The number of carbonyl (C=O) groups excluding carboxylic acids is 1. The molecule has 2 rings (SSSR count). The van der Waals surface area contributed by atoms with Gasteiger partial charge >= 0.3 is 0 Å². The number of hydrogen-bond acceptors (Lipinski definition) is 3. The second kappa shape index (κ2) is 7.27. The molecule has 0 atom stereocenters. The van der Waals surface area contributed by atoms with Gasteiger partial charge in [-0.25, -0.2) is 4.39 Å². The average Bonchev–Trinajstić information content (AvgIpc) is 2.47. The van der Waals surface area contributed by atoms with Crippen LogP contribution in [0.1, 0.15) is 11.1 Å². The molecule has 0 aromatic heterocycles. The fraction of sp³-hybridized carbons (Fsp3) is 0.235. The van der Waals surface area contributed by atoms with Gasteiger partial charge in [0.2, 0.25) is 0 Å². The minimum absolute atomic E-state index is 0.0742. The lowest BCUT2D eigenvalue weighted by molar-refractivity contribution is -0.116. The number of aryl methyl sites for hydroxylation is 1. The van der Waals surface area contributed by atoms with Crippen molar-refractivity contribution in [3.05, 3.63) is 59.4 Å². The van der Waals surface area contributed by atoms with E-state index in [9.17, 15) is 9.18 Å². The number of thioether (sulfide) groups is 1. The third kappa shape index (κ3) is 4.60. The molecule has 0 N–H and O–H groups in total. The lowest BCUT2D eigenvalue weighted by Crippen LogP contribution is -2.06. The van der Waals surface area contributed by atoms with Crippen LogP contribution in [0.3, 0.4) is 0 Å². The molecule has 21 heavy (non-hydrogen) atoms. The molecule has 0 aliphatic rings. The molecule has 0 spiro atoms. The maximum atomic E-state index is 13.5. The summed E-state index contributed by atoms with van der Waals surface area (Å²) in [7, 11) is 1.42. The number of ether oxygens (including phenoxy) is 1. The highest BCUT2D eigenvalue weighted by molar-refractivity contribution is 8.00. The van der Waals surface area contributed by atoms with Crippen molar-refractivity contribution in [2.75, 3.05) is 12.9 Å². The van der Waals surface area contributed by atoms with Gasteiger partial charge in [0.25, 0.3) is 0 Å². The van der Waals surface area contributed by atoms with Crippen LogP contribution in [0.15, 0.2) is 47.4 Å². The highest BCUT2D eigenvalue weighted by Crippen LogP contribution is 2.21. The van der Waals surface area contributed by atoms with Crippen LogP contribution in [0.25, 0.3) is 0 Å². The normalized spacial score (nSPS) is 10.4. The molecule has 4 heteroatoms. The van der Waals surface area contributed by atoms with Crippen LogP contribution in [-0.2, 0) is 11.2 Å². The summed E-state index contributed by atoms with van der Waals surface area (Å²) in [5, 5.41) is 0. The van der Waals surface area contributed by atoms with E-state index >= 15 is 0 Å². The van der Waals surface area contributed by atoms with E-state index in [1.807, 2.05) is 31.2 Å². The topological polar surface area (TPSA) is 26.3 Å². The second-order valence-corrected chi connectivity index (χ2v) is 5.83. The smallest absolute Gasteiger partial charge is 0.165 e. The van der Waals surface area contributed by atoms with Crippen LogP contribution in [0.4, 0.5) is 4.39 Å². The Labute approximate surface area is 128 Å². The van der Waals surface area contributed by atoms with E-state index in [4.69, 9.17) is 4.74 Å². The number of halogens is 1. The molecule has 2 aromatic rings. The zero-order valence-corrected chi connectivity index (χ0v) is 12.9. The van der Waals surface area contributed by atoms with Crippen LogP contribution < -0.4 is 4.74 Å². The highest BCUT2D eigenvalue weighted by atomic mass is 32.2. The summed E-state index contributed by atoms with van der Waals surface area (Å²) >= 11 is 1.50. The molecule has 0 fully saturated rings. The van der Waals surface area contributed by atoms with Crippen molar-refractivity contribution in [2.24, 2.45) is 0 Å². The lowest BCUT2D eigenvalue weighted by Gasteiger charge is -2.05. The van der Waals surface area contributed by atoms with E-state index in [1.54, 1.807) is 12.1 Å². The quantitative estimate of drug-likeness (QED) is 0.753. The molecule has 0 aliphatic carbocycles. The third-order valence-electron chi connectivity index (χ3n) is 3.04. The molecule has 2 nitrogen and oxygen atoms in total. The van der Waals surface area contributed by atoms with Crippen LogP contribution in [0.2, 0.25) is 0 Å². The van der Waals surface area contributed by atoms with Crippen LogP contribution in [-0.4, -0.2) is 18.6 Å². The molecule has 0 amide bonds. The minimum Gasteiger partial charge on any atom is -0.494 e. The first-order valence-electron chi connectivity index (χ1n) is 6.62. The SMILES string of the molecule is COc1ccc(CC(=O)CSc2ccc(C)cc2)cc1F. The summed E-state index contributed by atoms with van der Waals surface area (Å²) in [5.74, 6) is 0.218. The molecule has 0 heterocycles. The van der Waals surface area contributed by atoms with Gasteiger partial charge in [0.1, 0.15) is 5.78 Å². The van der Waals surface area contributed by atoms with E-state index in [0.717, 1.165) is 4.90 Å².